The van der Waals surface area contributed by atoms with Crippen LogP contribution in [-0.4, -0.2) is 23.8 Å². The highest BCUT2D eigenvalue weighted by atomic mass is 16.3. The van der Waals surface area contributed by atoms with Gasteiger partial charge in [-0.1, -0.05) is 12.2 Å². The zero-order valence-corrected chi connectivity index (χ0v) is 7.53. The topological polar surface area (TPSA) is 32.3 Å². The molecule has 4 unspecified atom stereocenters. The molecule has 0 aliphatic heterocycles. The van der Waals surface area contributed by atoms with Gasteiger partial charge < -0.3 is 10.4 Å². The van der Waals surface area contributed by atoms with Crippen LogP contribution in [0.5, 0.6) is 0 Å². The minimum atomic E-state index is -0.213. The molecule has 0 radical (unpaired) electrons. The summed E-state index contributed by atoms with van der Waals surface area (Å²) in [7, 11) is 0. The van der Waals surface area contributed by atoms with Gasteiger partial charge in [0.1, 0.15) is 0 Å². The van der Waals surface area contributed by atoms with Crippen molar-refractivity contribution in [1.29, 1.82) is 0 Å². The number of fused-ring (bicyclic) bond motifs is 1. The van der Waals surface area contributed by atoms with Crippen LogP contribution in [0, 0.1) is 11.8 Å². The van der Waals surface area contributed by atoms with Crippen LogP contribution in [-0.2, 0) is 0 Å². The van der Waals surface area contributed by atoms with Crippen molar-refractivity contribution >= 4 is 0 Å². The van der Waals surface area contributed by atoms with Gasteiger partial charge in [0, 0.05) is 12.6 Å². The van der Waals surface area contributed by atoms with E-state index in [0.29, 0.717) is 6.04 Å². The van der Waals surface area contributed by atoms with E-state index in [1.54, 1.807) is 0 Å². The third-order valence-corrected chi connectivity index (χ3v) is 3.04. The molecule has 1 saturated carbocycles. The number of aliphatic hydroxyl groups is 1. The fraction of sp³-hybridized carbons (Fsp3) is 0.800. The van der Waals surface area contributed by atoms with Crippen molar-refractivity contribution in [1.82, 2.24) is 5.32 Å². The second-order valence-corrected chi connectivity index (χ2v) is 4.10. The summed E-state index contributed by atoms with van der Waals surface area (Å²) < 4.78 is 0. The van der Waals surface area contributed by atoms with Gasteiger partial charge in [-0.25, -0.2) is 0 Å². The normalized spacial score (nSPS) is 40.7. The molecule has 4 atom stereocenters. The van der Waals surface area contributed by atoms with Gasteiger partial charge in [-0.05, 0) is 31.6 Å². The molecule has 0 heterocycles. The maximum atomic E-state index is 9.08. The van der Waals surface area contributed by atoms with E-state index >= 15 is 0 Å². The monoisotopic (exact) mass is 167 g/mol. The summed E-state index contributed by atoms with van der Waals surface area (Å²) in [4.78, 5) is 0. The van der Waals surface area contributed by atoms with Crippen LogP contribution in [0.25, 0.3) is 0 Å². The summed E-state index contributed by atoms with van der Waals surface area (Å²) in [5.41, 5.74) is 0. The molecule has 0 aromatic rings. The molecule has 2 N–H and O–H groups in total. The predicted molar refractivity (Wildman–Crippen MR) is 48.8 cm³/mol. The van der Waals surface area contributed by atoms with Gasteiger partial charge in [-0.15, -0.1) is 0 Å². The first kappa shape index (κ1) is 8.27. The molecule has 1 fully saturated rings. The molecule has 0 spiro atoms. The average Bonchev–Trinajstić information content (AvgIpc) is 2.32. The van der Waals surface area contributed by atoms with Crippen LogP contribution in [0.1, 0.15) is 19.8 Å². The van der Waals surface area contributed by atoms with Crippen molar-refractivity contribution in [3.8, 4) is 0 Å². The molecule has 2 heteroatoms. The van der Waals surface area contributed by atoms with Crippen molar-refractivity contribution in [3.05, 3.63) is 12.2 Å². The molecule has 2 nitrogen and oxygen atoms in total. The Morgan fingerprint density at radius 1 is 1.67 bits per heavy atom. The van der Waals surface area contributed by atoms with Gasteiger partial charge in [0.2, 0.25) is 0 Å². The second kappa shape index (κ2) is 3.19. The third-order valence-electron chi connectivity index (χ3n) is 3.04. The first-order chi connectivity index (χ1) is 5.77. The van der Waals surface area contributed by atoms with Crippen molar-refractivity contribution in [2.45, 2.75) is 31.9 Å². The lowest BCUT2D eigenvalue weighted by Gasteiger charge is -2.41. The highest BCUT2D eigenvalue weighted by molar-refractivity contribution is 5.12. The highest BCUT2D eigenvalue weighted by Crippen LogP contribution is 2.42. The van der Waals surface area contributed by atoms with Crippen molar-refractivity contribution in [2.24, 2.45) is 11.8 Å². The van der Waals surface area contributed by atoms with E-state index in [2.05, 4.69) is 17.5 Å². The number of hydrogen-bond acceptors (Lipinski definition) is 2. The van der Waals surface area contributed by atoms with E-state index in [0.717, 1.165) is 18.4 Å². The zero-order valence-electron chi connectivity index (χ0n) is 7.53. The number of hydrogen-bond donors (Lipinski definition) is 2. The van der Waals surface area contributed by atoms with Crippen LogP contribution in [0.2, 0.25) is 0 Å². The van der Waals surface area contributed by atoms with Crippen LogP contribution in [0.3, 0.4) is 0 Å². The summed E-state index contributed by atoms with van der Waals surface area (Å²) in [6.45, 7) is 2.56. The largest absolute Gasteiger partial charge is 0.392 e. The zero-order chi connectivity index (χ0) is 8.55. The Labute approximate surface area is 73.7 Å². The lowest BCUT2D eigenvalue weighted by Crippen LogP contribution is -2.49. The fourth-order valence-corrected chi connectivity index (χ4v) is 2.27. The molecular formula is C10H17NO. The van der Waals surface area contributed by atoms with E-state index in [9.17, 15) is 0 Å². The van der Waals surface area contributed by atoms with Gasteiger partial charge >= 0.3 is 0 Å². The van der Waals surface area contributed by atoms with E-state index in [-0.39, 0.29) is 6.10 Å². The summed E-state index contributed by atoms with van der Waals surface area (Å²) in [5, 5.41) is 12.5. The molecule has 0 amide bonds. The number of nitrogens with one attached hydrogen (secondary N) is 1. The Kier molecular flexibility index (Phi) is 2.20. The van der Waals surface area contributed by atoms with Gasteiger partial charge in [0.25, 0.3) is 0 Å². The molecule has 0 aromatic carbocycles. The molecule has 0 saturated heterocycles. The van der Waals surface area contributed by atoms with Crippen molar-refractivity contribution < 1.29 is 5.11 Å². The van der Waals surface area contributed by atoms with Crippen LogP contribution in [0.4, 0.5) is 0 Å². The second-order valence-electron chi connectivity index (χ2n) is 4.10. The summed E-state index contributed by atoms with van der Waals surface area (Å²) in [5.74, 6) is 1.68. The summed E-state index contributed by atoms with van der Waals surface area (Å²) in [6, 6.07) is 0.642. The Morgan fingerprint density at radius 2 is 2.50 bits per heavy atom. The molecule has 68 valence electrons. The SMILES string of the molecule is CC(O)CNC1CC2CC=CC21. The standard InChI is InChI=1S/C10H17NO/c1-7(12)6-11-10-5-8-3-2-4-9(8)10/h2,4,7-12H,3,5-6H2,1H3. The Bertz CT molecular complexity index is 188. The van der Waals surface area contributed by atoms with Crippen molar-refractivity contribution in [2.75, 3.05) is 6.54 Å². The first-order valence-electron chi connectivity index (χ1n) is 4.85. The number of allylic oxidation sites excluding steroid dienone is 1. The number of rotatable bonds is 3. The van der Waals surface area contributed by atoms with Crippen LogP contribution >= 0.6 is 0 Å². The lowest BCUT2D eigenvalue weighted by atomic mass is 9.71. The van der Waals surface area contributed by atoms with Crippen molar-refractivity contribution in [3.63, 3.8) is 0 Å². The average molecular weight is 167 g/mol. The summed E-state index contributed by atoms with van der Waals surface area (Å²) >= 11 is 0. The van der Waals surface area contributed by atoms with Gasteiger partial charge in [-0.2, -0.15) is 0 Å². The van der Waals surface area contributed by atoms with Gasteiger partial charge in [0.05, 0.1) is 6.10 Å². The number of aliphatic hydroxyl groups excluding tert-OH is 1. The quantitative estimate of drug-likeness (QED) is 0.613. The molecular weight excluding hydrogens is 150 g/mol. The first-order valence-corrected chi connectivity index (χ1v) is 4.85. The third kappa shape index (κ3) is 1.41. The molecule has 2 aliphatic rings. The molecule has 12 heavy (non-hydrogen) atoms. The van der Waals surface area contributed by atoms with E-state index in [4.69, 9.17) is 5.11 Å². The van der Waals surface area contributed by atoms with E-state index < -0.39 is 0 Å². The van der Waals surface area contributed by atoms with Gasteiger partial charge in [-0.3, -0.25) is 0 Å². The maximum Gasteiger partial charge on any atom is 0.0636 e. The van der Waals surface area contributed by atoms with Gasteiger partial charge in [0.15, 0.2) is 0 Å². The maximum absolute atomic E-state index is 9.08. The molecule has 2 aliphatic carbocycles. The highest BCUT2D eigenvalue weighted by Gasteiger charge is 2.40. The molecule has 2 rings (SSSR count). The molecule has 0 aromatic heterocycles. The Hall–Kier alpha value is -0.340. The van der Waals surface area contributed by atoms with Crippen LogP contribution in [0.15, 0.2) is 12.2 Å². The predicted octanol–water partition coefficient (Wildman–Crippen LogP) is 0.921. The minimum Gasteiger partial charge on any atom is -0.392 e. The fourth-order valence-electron chi connectivity index (χ4n) is 2.27. The smallest absolute Gasteiger partial charge is 0.0636 e. The Morgan fingerprint density at radius 3 is 3.17 bits per heavy atom. The van der Waals surface area contributed by atoms with E-state index in [1.807, 2.05) is 6.92 Å². The van der Waals surface area contributed by atoms with E-state index in [1.165, 1.54) is 12.8 Å². The molecule has 0 bridgehead atoms. The minimum absolute atomic E-state index is 0.213. The lowest BCUT2D eigenvalue weighted by molar-refractivity contribution is 0.130. The van der Waals surface area contributed by atoms with Crippen LogP contribution < -0.4 is 5.32 Å². The Balaban J connectivity index is 1.74. The summed E-state index contributed by atoms with van der Waals surface area (Å²) in [6.07, 6.45) is 6.98.